The molecule has 0 radical (unpaired) electrons. The number of aromatic hydroxyl groups is 1. The van der Waals surface area contributed by atoms with E-state index in [1.165, 1.54) is 0 Å². The summed E-state index contributed by atoms with van der Waals surface area (Å²) in [6, 6.07) is 4.97. The van der Waals surface area contributed by atoms with E-state index in [0.29, 0.717) is 0 Å². The van der Waals surface area contributed by atoms with Crippen LogP contribution in [-0.2, 0) is 10.3 Å². The lowest BCUT2D eigenvalue weighted by molar-refractivity contribution is -0.0127. The van der Waals surface area contributed by atoms with Gasteiger partial charge in [0, 0.05) is 18.4 Å². The van der Waals surface area contributed by atoms with Gasteiger partial charge in [-0.1, -0.05) is 0 Å². The van der Waals surface area contributed by atoms with Gasteiger partial charge in [-0.3, -0.25) is 5.32 Å². The summed E-state index contributed by atoms with van der Waals surface area (Å²) < 4.78 is 5.50. The summed E-state index contributed by atoms with van der Waals surface area (Å²) in [5.74, 6) is 0.196. The molecule has 2 aliphatic heterocycles. The van der Waals surface area contributed by atoms with Gasteiger partial charge in [-0.25, -0.2) is 4.79 Å². The monoisotopic (exact) mass is 234 g/mol. The first-order valence-electron chi connectivity index (χ1n) is 5.74. The quantitative estimate of drug-likeness (QED) is 0.595. The Labute approximate surface area is 98.8 Å². The maximum absolute atomic E-state index is 11.6. The minimum atomic E-state index is -0.582. The average molecular weight is 234 g/mol. The van der Waals surface area contributed by atoms with E-state index < -0.39 is 11.7 Å². The molecular weight excluding hydrogens is 220 g/mol. The first-order chi connectivity index (χ1) is 8.20. The molecule has 0 unspecified atom stereocenters. The zero-order chi connectivity index (χ0) is 11.9. The number of hydrogen-bond acceptors (Lipinski definition) is 4. The number of hydrogen-bond donors (Lipinski definition) is 3. The van der Waals surface area contributed by atoms with Gasteiger partial charge in [-0.05, 0) is 31.3 Å². The molecule has 1 amide bonds. The first kappa shape index (κ1) is 10.4. The number of ether oxygens (including phenoxy) is 1. The van der Waals surface area contributed by atoms with Gasteiger partial charge in [0.1, 0.15) is 11.4 Å². The SMILES string of the molecule is O=C1Nc2ccc(O)cc2C2(CCNCC2)O1. The predicted molar refractivity (Wildman–Crippen MR) is 62.0 cm³/mol. The summed E-state index contributed by atoms with van der Waals surface area (Å²) in [4.78, 5) is 11.6. The smallest absolute Gasteiger partial charge is 0.412 e. The number of phenols is 1. The van der Waals surface area contributed by atoms with Gasteiger partial charge < -0.3 is 15.2 Å². The van der Waals surface area contributed by atoms with E-state index in [1.807, 2.05) is 0 Å². The topological polar surface area (TPSA) is 70.6 Å². The normalized spacial score (nSPS) is 21.5. The molecule has 1 aromatic rings. The van der Waals surface area contributed by atoms with Crippen LogP contribution >= 0.6 is 0 Å². The van der Waals surface area contributed by atoms with Gasteiger partial charge in [0.2, 0.25) is 0 Å². The highest BCUT2D eigenvalue weighted by molar-refractivity contribution is 5.89. The molecule has 1 spiro atoms. The minimum absolute atomic E-state index is 0.196. The van der Waals surface area contributed by atoms with Crippen LogP contribution in [0.15, 0.2) is 18.2 Å². The number of benzene rings is 1. The van der Waals surface area contributed by atoms with Crippen LogP contribution in [0.3, 0.4) is 0 Å². The molecule has 0 aromatic heterocycles. The largest absolute Gasteiger partial charge is 0.508 e. The van der Waals surface area contributed by atoms with Crippen molar-refractivity contribution in [2.45, 2.75) is 18.4 Å². The van der Waals surface area contributed by atoms with Crippen LogP contribution in [0.4, 0.5) is 10.5 Å². The Morgan fingerprint density at radius 1 is 1.29 bits per heavy atom. The second-order valence-corrected chi connectivity index (χ2v) is 4.49. The molecule has 5 heteroatoms. The third-order valence-corrected chi connectivity index (χ3v) is 3.43. The van der Waals surface area contributed by atoms with Crippen molar-refractivity contribution in [1.82, 2.24) is 5.32 Å². The summed E-state index contributed by atoms with van der Waals surface area (Å²) in [6.45, 7) is 1.62. The van der Waals surface area contributed by atoms with E-state index >= 15 is 0 Å². The maximum atomic E-state index is 11.6. The van der Waals surface area contributed by atoms with Crippen molar-refractivity contribution in [3.05, 3.63) is 23.8 Å². The van der Waals surface area contributed by atoms with Gasteiger partial charge in [-0.15, -0.1) is 0 Å². The van der Waals surface area contributed by atoms with Crippen LogP contribution in [0.25, 0.3) is 0 Å². The highest BCUT2D eigenvalue weighted by Gasteiger charge is 2.42. The highest BCUT2D eigenvalue weighted by atomic mass is 16.6. The van der Waals surface area contributed by atoms with E-state index in [1.54, 1.807) is 18.2 Å². The Morgan fingerprint density at radius 2 is 2.06 bits per heavy atom. The molecule has 0 aliphatic carbocycles. The second kappa shape index (κ2) is 3.63. The zero-order valence-electron chi connectivity index (χ0n) is 9.32. The zero-order valence-corrected chi connectivity index (χ0v) is 9.32. The van der Waals surface area contributed by atoms with E-state index in [2.05, 4.69) is 10.6 Å². The van der Waals surface area contributed by atoms with Crippen LogP contribution in [0.1, 0.15) is 18.4 Å². The molecule has 0 saturated carbocycles. The summed E-state index contributed by atoms with van der Waals surface area (Å²) >= 11 is 0. The molecule has 3 N–H and O–H groups in total. The Hall–Kier alpha value is -1.75. The summed E-state index contributed by atoms with van der Waals surface area (Å²) in [5, 5.41) is 15.5. The lowest BCUT2D eigenvalue weighted by Crippen LogP contribution is -2.46. The molecule has 1 aromatic carbocycles. The van der Waals surface area contributed by atoms with Gasteiger partial charge in [0.25, 0.3) is 0 Å². The van der Waals surface area contributed by atoms with Gasteiger partial charge in [-0.2, -0.15) is 0 Å². The van der Waals surface area contributed by atoms with Gasteiger partial charge in [0.15, 0.2) is 0 Å². The Morgan fingerprint density at radius 3 is 2.82 bits per heavy atom. The van der Waals surface area contributed by atoms with Gasteiger partial charge in [0.05, 0.1) is 5.69 Å². The summed E-state index contributed by atoms with van der Waals surface area (Å²) in [7, 11) is 0. The standard InChI is InChI=1S/C12H14N2O3/c15-8-1-2-10-9(7-8)12(17-11(16)14-10)3-5-13-6-4-12/h1-2,7,13,15H,3-6H2,(H,14,16). The molecule has 5 nitrogen and oxygen atoms in total. The average Bonchev–Trinajstić information content (AvgIpc) is 2.31. The molecule has 2 heterocycles. The molecule has 2 aliphatic rings. The summed E-state index contributed by atoms with van der Waals surface area (Å²) in [5.41, 5.74) is 1.03. The number of fused-ring (bicyclic) bond motifs is 2. The van der Waals surface area contributed by atoms with Crippen molar-refractivity contribution in [1.29, 1.82) is 0 Å². The fraction of sp³-hybridized carbons (Fsp3) is 0.417. The Bertz CT molecular complexity index is 467. The third kappa shape index (κ3) is 1.63. The van der Waals surface area contributed by atoms with E-state index in [0.717, 1.165) is 37.2 Å². The molecule has 90 valence electrons. The lowest BCUT2D eigenvalue weighted by Gasteiger charge is -2.41. The van der Waals surface area contributed by atoms with E-state index in [-0.39, 0.29) is 5.75 Å². The van der Waals surface area contributed by atoms with Crippen molar-refractivity contribution in [2.75, 3.05) is 18.4 Å². The molecule has 0 atom stereocenters. The van der Waals surface area contributed by atoms with Crippen molar-refractivity contribution >= 4 is 11.8 Å². The van der Waals surface area contributed by atoms with Crippen LogP contribution in [0.2, 0.25) is 0 Å². The van der Waals surface area contributed by atoms with Crippen LogP contribution < -0.4 is 10.6 Å². The van der Waals surface area contributed by atoms with Crippen LogP contribution in [-0.4, -0.2) is 24.3 Å². The van der Waals surface area contributed by atoms with Gasteiger partial charge >= 0.3 is 6.09 Å². The molecule has 1 saturated heterocycles. The third-order valence-electron chi connectivity index (χ3n) is 3.43. The number of amides is 1. The van der Waals surface area contributed by atoms with E-state index in [4.69, 9.17) is 4.74 Å². The maximum Gasteiger partial charge on any atom is 0.412 e. The molecule has 0 bridgehead atoms. The predicted octanol–water partition coefficient (Wildman–Crippen LogP) is 1.53. The molecule has 17 heavy (non-hydrogen) atoms. The Balaban J connectivity index is 2.11. The lowest BCUT2D eigenvalue weighted by atomic mass is 9.83. The second-order valence-electron chi connectivity index (χ2n) is 4.49. The Kier molecular flexibility index (Phi) is 2.22. The van der Waals surface area contributed by atoms with E-state index in [9.17, 15) is 9.90 Å². The number of carbonyl (C=O) groups excluding carboxylic acids is 1. The molecular formula is C12H14N2O3. The van der Waals surface area contributed by atoms with Crippen LogP contribution in [0.5, 0.6) is 5.75 Å². The number of piperidine rings is 1. The van der Waals surface area contributed by atoms with Crippen molar-refractivity contribution < 1.29 is 14.6 Å². The minimum Gasteiger partial charge on any atom is -0.508 e. The number of rotatable bonds is 0. The van der Waals surface area contributed by atoms with Crippen LogP contribution in [0, 0.1) is 0 Å². The fourth-order valence-corrected chi connectivity index (χ4v) is 2.59. The number of anilines is 1. The fourth-order valence-electron chi connectivity index (χ4n) is 2.59. The summed E-state index contributed by atoms with van der Waals surface area (Å²) in [6.07, 6.45) is 1.05. The van der Waals surface area contributed by atoms with Crippen molar-refractivity contribution in [3.8, 4) is 5.75 Å². The molecule has 3 rings (SSSR count). The number of phenolic OH excluding ortho intramolecular Hbond substituents is 1. The van der Waals surface area contributed by atoms with Crippen molar-refractivity contribution in [2.24, 2.45) is 0 Å². The number of nitrogens with one attached hydrogen (secondary N) is 2. The van der Waals surface area contributed by atoms with Crippen molar-refractivity contribution in [3.63, 3.8) is 0 Å². The number of carbonyl (C=O) groups is 1. The highest BCUT2D eigenvalue weighted by Crippen LogP contribution is 2.43. The first-order valence-corrected chi connectivity index (χ1v) is 5.74. The molecule has 1 fully saturated rings.